The molecule has 28 heavy (non-hydrogen) atoms. The van der Waals surface area contributed by atoms with Crippen molar-refractivity contribution in [1.82, 2.24) is 0 Å². The standard InChI is InChI=1S/C23H27N3O2/c1-17-10-13-25(14-11-17)20-8-6-19(7-9-20)24-22(27)16-23(28)26-15-12-18-4-2-3-5-21(18)26/h2-9,17H,10-16H2,1H3,(H,24,27). The summed E-state index contributed by atoms with van der Waals surface area (Å²) in [5.74, 6) is 0.380. The zero-order chi connectivity index (χ0) is 19.5. The number of amides is 2. The number of hydrogen-bond acceptors (Lipinski definition) is 3. The molecule has 4 rings (SSSR count). The lowest BCUT2D eigenvalue weighted by atomic mass is 9.99. The molecule has 0 bridgehead atoms. The molecule has 0 aromatic heterocycles. The minimum absolute atomic E-state index is 0.139. The molecule has 2 aromatic rings. The highest BCUT2D eigenvalue weighted by Gasteiger charge is 2.25. The van der Waals surface area contributed by atoms with Crippen molar-refractivity contribution >= 4 is 28.9 Å². The summed E-state index contributed by atoms with van der Waals surface area (Å²) < 4.78 is 0. The molecule has 5 nitrogen and oxygen atoms in total. The Hall–Kier alpha value is -2.82. The molecule has 2 aromatic carbocycles. The fraction of sp³-hybridized carbons (Fsp3) is 0.391. The molecule has 0 atom stereocenters. The fourth-order valence-corrected chi connectivity index (χ4v) is 4.06. The minimum Gasteiger partial charge on any atom is -0.372 e. The van der Waals surface area contributed by atoms with Crippen molar-refractivity contribution in [2.24, 2.45) is 5.92 Å². The molecule has 146 valence electrons. The van der Waals surface area contributed by atoms with Crippen LogP contribution in [0.4, 0.5) is 17.1 Å². The number of hydrogen-bond donors (Lipinski definition) is 1. The van der Waals surface area contributed by atoms with Gasteiger partial charge in [0.25, 0.3) is 0 Å². The third-order valence-electron chi connectivity index (χ3n) is 5.80. The van der Waals surface area contributed by atoms with E-state index in [9.17, 15) is 9.59 Å². The Kier molecular flexibility index (Phi) is 5.33. The Balaban J connectivity index is 1.32. The number of nitrogens with zero attached hydrogens (tertiary/aromatic N) is 2. The Labute approximate surface area is 166 Å². The van der Waals surface area contributed by atoms with Gasteiger partial charge in [0.05, 0.1) is 0 Å². The molecule has 0 spiro atoms. The van der Waals surface area contributed by atoms with Gasteiger partial charge < -0.3 is 15.1 Å². The third kappa shape index (κ3) is 4.03. The van der Waals surface area contributed by atoms with Gasteiger partial charge in [0.2, 0.25) is 11.8 Å². The van der Waals surface area contributed by atoms with Gasteiger partial charge in [0.15, 0.2) is 0 Å². The predicted octanol–water partition coefficient (Wildman–Crippen LogP) is 3.84. The lowest BCUT2D eigenvalue weighted by molar-refractivity contribution is -0.125. The molecular weight excluding hydrogens is 350 g/mol. The molecule has 0 saturated carbocycles. The van der Waals surface area contributed by atoms with E-state index in [4.69, 9.17) is 0 Å². The molecule has 1 N–H and O–H groups in total. The third-order valence-corrected chi connectivity index (χ3v) is 5.80. The second kappa shape index (κ2) is 8.05. The first-order chi connectivity index (χ1) is 13.6. The van der Waals surface area contributed by atoms with Crippen molar-refractivity contribution in [2.75, 3.05) is 34.8 Å². The molecule has 0 aliphatic carbocycles. The molecule has 2 heterocycles. The smallest absolute Gasteiger partial charge is 0.236 e. The number of fused-ring (bicyclic) bond motifs is 1. The highest BCUT2D eigenvalue weighted by Crippen LogP contribution is 2.28. The lowest BCUT2D eigenvalue weighted by Gasteiger charge is -2.32. The van der Waals surface area contributed by atoms with E-state index in [1.54, 1.807) is 4.90 Å². The fourth-order valence-electron chi connectivity index (χ4n) is 4.06. The number of carbonyl (C=O) groups excluding carboxylic acids is 2. The van der Waals surface area contributed by atoms with Crippen LogP contribution in [0.25, 0.3) is 0 Å². The topological polar surface area (TPSA) is 52.7 Å². The van der Waals surface area contributed by atoms with Crippen molar-refractivity contribution < 1.29 is 9.59 Å². The first-order valence-corrected chi connectivity index (χ1v) is 10.1. The monoisotopic (exact) mass is 377 g/mol. The summed E-state index contributed by atoms with van der Waals surface area (Å²) in [4.78, 5) is 29.0. The van der Waals surface area contributed by atoms with Gasteiger partial charge in [-0.15, -0.1) is 0 Å². The number of benzene rings is 2. The average molecular weight is 377 g/mol. The predicted molar refractivity (Wildman–Crippen MR) is 113 cm³/mol. The summed E-state index contributed by atoms with van der Waals surface area (Å²) in [6, 6.07) is 15.8. The van der Waals surface area contributed by atoms with Gasteiger partial charge in [-0.1, -0.05) is 25.1 Å². The molecule has 2 amide bonds. The largest absolute Gasteiger partial charge is 0.372 e. The van der Waals surface area contributed by atoms with E-state index in [-0.39, 0.29) is 18.2 Å². The Morgan fingerprint density at radius 2 is 1.71 bits per heavy atom. The Bertz CT molecular complexity index is 854. The van der Waals surface area contributed by atoms with Crippen LogP contribution in [0.15, 0.2) is 48.5 Å². The molecule has 0 radical (unpaired) electrons. The van der Waals surface area contributed by atoms with Crippen LogP contribution in [0.3, 0.4) is 0 Å². The maximum absolute atomic E-state index is 12.6. The van der Waals surface area contributed by atoms with Crippen molar-refractivity contribution in [3.05, 3.63) is 54.1 Å². The van der Waals surface area contributed by atoms with E-state index in [0.717, 1.165) is 36.8 Å². The van der Waals surface area contributed by atoms with E-state index in [1.165, 1.54) is 24.1 Å². The van der Waals surface area contributed by atoms with Crippen molar-refractivity contribution in [3.63, 3.8) is 0 Å². The molecule has 1 fully saturated rings. The van der Waals surface area contributed by atoms with Crippen LogP contribution in [0.5, 0.6) is 0 Å². The van der Waals surface area contributed by atoms with Crippen LogP contribution in [0.1, 0.15) is 31.7 Å². The second-order valence-electron chi connectivity index (χ2n) is 7.87. The summed E-state index contributed by atoms with van der Waals surface area (Å²) >= 11 is 0. The van der Waals surface area contributed by atoms with Gasteiger partial charge in [-0.3, -0.25) is 9.59 Å². The summed E-state index contributed by atoms with van der Waals surface area (Å²) in [6.07, 6.45) is 3.15. The first-order valence-electron chi connectivity index (χ1n) is 10.1. The van der Waals surface area contributed by atoms with Gasteiger partial charge in [-0.05, 0) is 61.1 Å². The summed E-state index contributed by atoms with van der Waals surface area (Å²) in [6.45, 7) is 5.12. The van der Waals surface area contributed by atoms with E-state index >= 15 is 0 Å². The van der Waals surface area contributed by atoms with Crippen LogP contribution >= 0.6 is 0 Å². The van der Waals surface area contributed by atoms with Crippen LogP contribution < -0.4 is 15.1 Å². The zero-order valence-corrected chi connectivity index (χ0v) is 16.4. The average Bonchev–Trinajstić information content (AvgIpc) is 3.13. The Morgan fingerprint density at radius 3 is 2.46 bits per heavy atom. The van der Waals surface area contributed by atoms with Crippen LogP contribution in [0, 0.1) is 5.92 Å². The molecule has 2 aliphatic rings. The minimum atomic E-state index is -0.270. The van der Waals surface area contributed by atoms with E-state index < -0.39 is 0 Å². The maximum Gasteiger partial charge on any atom is 0.236 e. The molecule has 0 unspecified atom stereocenters. The van der Waals surface area contributed by atoms with Gasteiger partial charge in [0, 0.05) is 36.7 Å². The lowest BCUT2D eigenvalue weighted by Crippen LogP contribution is -2.32. The van der Waals surface area contributed by atoms with Crippen molar-refractivity contribution in [3.8, 4) is 0 Å². The van der Waals surface area contributed by atoms with Crippen LogP contribution in [0.2, 0.25) is 0 Å². The first kappa shape index (κ1) is 18.5. The zero-order valence-electron chi connectivity index (χ0n) is 16.4. The number of piperidine rings is 1. The van der Waals surface area contributed by atoms with Gasteiger partial charge in [-0.25, -0.2) is 0 Å². The summed E-state index contributed by atoms with van der Waals surface area (Å²) in [5, 5.41) is 2.85. The van der Waals surface area contributed by atoms with E-state index in [2.05, 4.69) is 17.1 Å². The van der Waals surface area contributed by atoms with Crippen molar-refractivity contribution in [1.29, 1.82) is 0 Å². The van der Waals surface area contributed by atoms with E-state index in [1.807, 2.05) is 48.5 Å². The molecular formula is C23H27N3O2. The number of nitrogens with one attached hydrogen (secondary N) is 1. The molecule has 2 aliphatic heterocycles. The quantitative estimate of drug-likeness (QED) is 0.824. The van der Waals surface area contributed by atoms with Gasteiger partial charge in [-0.2, -0.15) is 0 Å². The van der Waals surface area contributed by atoms with Gasteiger partial charge >= 0.3 is 0 Å². The summed E-state index contributed by atoms with van der Waals surface area (Å²) in [7, 11) is 0. The van der Waals surface area contributed by atoms with Crippen molar-refractivity contribution in [2.45, 2.75) is 32.6 Å². The normalized spacial score (nSPS) is 16.8. The number of anilines is 3. The number of carbonyl (C=O) groups is 2. The number of para-hydroxylation sites is 1. The SMILES string of the molecule is CC1CCN(c2ccc(NC(=O)CC(=O)N3CCc4ccccc43)cc2)CC1. The number of rotatable bonds is 4. The maximum atomic E-state index is 12.6. The highest BCUT2D eigenvalue weighted by atomic mass is 16.2. The van der Waals surface area contributed by atoms with Crippen LogP contribution in [-0.4, -0.2) is 31.4 Å². The highest BCUT2D eigenvalue weighted by molar-refractivity contribution is 6.09. The van der Waals surface area contributed by atoms with E-state index in [0.29, 0.717) is 6.54 Å². The molecule has 5 heteroatoms. The Morgan fingerprint density at radius 1 is 1.00 bits per heavy atom. The second-order valence-corrected chi connectivity index (χ2v) is 7.87. The summed E-state index contributed by atoms with van der Waals surface area (Å²) in [5.41, 5.74) is 4.02. The molecule has 1 saturated heterocycles. The van der Waals surface area contributed by atoms with Crippen LogP contribution in [-0.2, 0) is 16.0 Å². The van der Waals surface area contributed by atoms with Gasteiger partial charge in [0.1, 0.15) is 6.42 Å².